The molecule has 1 saturated heterocycles. The second-order valence-electron chi connectivity index (χ2n) is 7.53. The summed E-state index contributed by atoms with van der Waals surface area (Å²) in [5.41, 5.74) is 2.37. The Morgan fingerprint density at radius 2 is 1.96 bits per heavy atom. The van der Waals surface area contributed by atoms with Gasteiger partial charge >= 0.3 is 5.97 Å². The largest absolute Gasteiger partial charge is 0.497 e. The molecular weight excluding hydrogens is 316 g/mol. The van der Waals surface area contributed by atoms with Gasteiger partial charge in [0, 0.05) is 18.3 Å². The van der Waals surface area contributed by atoms with E-state index in [9.17, 15) is 4.79 Å². The number of methoxy groups -OCH3 is 1. The molecule has 1 aromatic rings. The highest BCUT2D eigenvalue weighted by Gasteiger charge is 2.54. The summed E-state index contributed by atoms with van der Waals surface area (Å²) in [4.78, 5) is 11.4. The standard InChI is InChI=1S/C21H28O4/c1-13-10-14(2)21(11-24-16(4)22)12-25-20(19(13)15(21)3)17-6-8-18(23-5)9-7-17/h6-10,14-15,19-20H,11-12H2,1-5H3/t14?,15?,19-,20?,21-/m1/s1. The zero-order valence-electron chi connectivity index (χ0n) is 15.7. The maximum atomic E-state index is 11.4. The summed E-state index contributed by atoms with van der Waals surface area (Å²) in [5, 5.41) is 0. The second-order valence-corrected chi connectivity index (χ2v) is 7.53. The van der Waals surface area contributed by atoms with Crippen molar-refractivity contribution in [2.24, 2.45) is 23.2 Å². The van der Waals surface area contributed by atoms with Crippen LogP contribution >= 0.6 is 0 Å². The fraction of sp³-hybridized carbons (Fsp3) is 0.571. The Morgan fingerprint density at radius 1 is 1.28 bits per heavy atom. The fourth-order valence-electron chi connectivity index (χ4n) is 4.59. The number of allylic oxidation sites excluding steroid dienone is 1. The molecular formula is C21H28O4. The minimum Gasteiger partial charge on any atom is -0.497 e. The summed E-state index contributed by atoms with van der Waals surface area (Å²) in [7, 11) is 1.67. The Balaban J connectivity index is 1.92. The van der Waals surface area contributed by atoms with Gasteiger partial charge < -0.3 is 14.2 Å². The first-order chi connectivity index (χ1) is 11.9. The smallest absolute Gasteiger partial charge is 0.302 e. The van der Waals surface area contributed by atoms with E-state index in [1.807, 2.05) is 12.1 Å². The molecule has 5 atom stereocenters. The van der Waals surface area contributed by atoms with Crippen LogP contribution in [0.5, 0.6) is 5.75 Å². The van der Waals surface area contributed by atoms with E-state index in [1.165, 1.54) is 18.1 Å². The number of esters is 1. The average Bonchev–Trinajstić information content (AvgIpc) is 2.59. The molecule has 1 aliphatic carbocycles. The maximum Gasteiger partial charge on any atom is 0.302 e. The predicted octanol–water partition coefficient (Wildman–Crippen LogP) is 4.16. The van der Waals surface area contributed by atoms with E-state index in [2.05, 4.69) is 39.0 Å². The molecule has 4 nitrogen and oxygen atoms in total. The number of rotatable bonds is 4. The molecule has 2 aliphatic rings. The first kappa shape index (κ1) is 18.0. The van der Waals surface area contributed by atoms with Gasteiger partial charge in [-0.15, -0.1) is 0 Å². The summed E-state index contributed by atoms with van der Waals surface area (Å²) < 4.78 is 17.1. The molecule has 2 bridgehead atoms. The average molecular weight is 344 g/mol. The molecule has 0 radical (unpaired) electrons. The van der Waals surface area contributed by atoms with Crippen molar-refractivity contribution in [3.8, 4) is 5.75 Å². The van der Waals surface area contributed by atoms with Crippen LogP contribution in [0.25, 0.3) is 0 Å². The highest BCUT2D eigenvalue weighted by molar-refractivity contribution is 5.66. The van der Waals surface area contributed by atoms with Crippen molar-refractivity contribution in [3.05, 3.63) is 41.5 Å². The van der Waals surface area contributed by atoms with Gasteiger partial charge in [0.2, 0.25) is 0 Å². The molecule has 136 valence electrons. The molecule has 0 spiro atoms. The number of hydrogen-bond acceptors (Lipinski definition) is 4. The van der Waals surface area contributed by atoms with Crippen molar-refractivity contribution < 1.29 is 19.0 Å². The lowest BCUT2D eigenvalue weighted by Gasteiger charge is -2.55. The monoisotopic (exact) mass is 344 g/mol. The summed E-state index contributed by atoms with van der Waals surface area (Å²) >= 11 is 0. The van der Waals surface area contributed by atoms with E-state index in [0.717, 1.165) is 5.75 Å². The van der Waals surface area contributed by atoms with Crippen LogP contribution in [0, 0.1) is 23.2 Å². The lowest BCUT2D eigenvalue weighted by molar-refractivity contribution is -0.180. The second kappa shape index (κ2) is 6.83. The van der Waals surface area contributed by atoms with Crippen LogP contribution in [-0.4, -0.2) is 26.3 Å². The molecule has 3 rings (SSSR count). The highest BCUT2D eigenvalue weighted by atomic mass is 16.5. The van der Waals surface area contributed by atoms with Gasteiger partial charge in [0.1, 0.15) is 5.75 Å². The Morgan fingerprint density at radius 3 is 2.56 bits per heavy atom. The Hall–Kier alpha value is -1.81. The molecule has 3 unspecified atom stereocenters. The van der Waals surface area contributed by atoms with Crippen LogP contribution in [-0.2, 0) is 14.3 Å². The van der Waals surface area contributed by atoms with Crippen LogP contribution in [0.3, 0.4) is 0 Å². The molecule has 1 fully saturated rings. The number of ether oxygens (including phenoxy) is 3. The molecule has 0 amide bonds. The van der Waals surface area contributed by atoms with Gasteiger partial charge in [0.15, 0.2) is 0 Å². The molecule has 4 heteroatoms. The topological polar surface area (TPSA) is 44.8 Å². The summed E-state index contributed by atoms with van der Waals surface area (Å²) in [6, 6.07) is 8.13. The molecule has 0 saturated carbocycles. The van der Waals surface area contributed by atoms with Crippen LogP contribution in [0.4, 0.5) is 0 Å². The fourth-order valence-corrected chi connectivity index (χ4v) is 4.59. The number of carbonyl (C=O) groups excluding carboxylic acids is 1. The van der Waals surface area contributed by atoms with Crippen molar-refractivity contribution in [3.63, 3.8) is 0 Å². The van der Waals surface area contributed by atoms with Gasteiger partial charge in [-0.3, -0.25) is 4.79 Å². The third-order valence-corrected chi connectivity index (χ3v) is 6.24. The lowest BCUT2D eigenvalue weighted by Crippen LogP contribution is -2.54. The first-order valence-corrected chi connectivity index (χ1v) is 8.96. The number of carbonyl (C=O) groups is 1. The molecule has 1 aliphatic heterocycles. The van der Waals surface area contributed by atoms with Crippen molar-refractivity contribution in [1.29, 1.82) is 0 Å². The minimum absolute atomic E-state index is 0.0232. The number of benzene rings is 1. The number of fused-ring (bicyclic) bond motifs is 2. The van der Waals surface area contributed by atoms with Crippen molar-refractivity contribution in [1.82, 2.24) is 0 Å². The van der Waals surface area contributed by atoms with Gasteiger partial charge in [-0.05, 0) is 36.5 Å². The summed E-state index contributed by atoms with van der Waals surface area (Å²) in [6.07, 6.45) is 2.36. The Bertz CT molecular complexity index is 663. The molecule has 0 aromatic heterocycles. The number of hydrogen-bond donors (Lipinski definition) is 0. The van der Waals surface area contributed by atoms with Crippen molar-refractivity contribution in [2.45, 2.75) is 33.8 Å². The van der Waals surface area contributed by atoms with Crippen molar-refractivity contribution >= 4 is 5.97 Å². The van der Waals surface area contributed by atoms with Crippen molar-refractivity contribution in [2.75, 3.05) is 20.3 Å². The summed E-state index contributed by atoms with van der Waals surface area (Å²) in [6.45, 7) is 9.16. The normalized spacial score (nSPS) is 34.2. The third kappa shape index (κ3) is 3.08. The van der Waals surface area contributed by atoms with E-state index in [-0.39, 0.29) is 23.4 Å². The quantitative estimate of drug-likeness (QED) is 0.607. The van der Waals surface area contributed by atoms with E-state index in [4.69, 9.17) is 14.2 Å². The van der Waals surface area contributed by atoms with Crippen LogP contribution < -0.4 is 4.74 Å². The SMILES string of the molecule is COc1ccc(C2OC[C@]3(COC(C)=O)C(C)C=C(C)[C@@H]2C3C)cc1. The van der Waals surface area contributed by atoms with Crippen LogP contribution in [0.2, 0.25) is 0 Å². The van der Waals surface area contributed by atoms with E-state index in [1.54, 1.807) is 7.11 Å². The first-order valence-electron chi connectivity index (χ1n) is 8.96. The predicted molar refractivity (Wildman–Crippen MR) is 96.3 cm³/mol. The van der Waals surface area contributed by atoms with Gasteiger partial charge in [-0.1, -0.05) is 37.6 Å². The lowest BCUT2D eigenvalue weighted by atomic mass is 9.56. The van der Waals surface area contributed by atoms with Crippen LogP contribution in [0.15, 0.2) is 35.9 Å². The van der Waals surface area contributed by atoms with Crippen LogP contribution in [0.1, 0.15) is 39.4 Å². The van der Waals surface area contributed by atoms with Gasteiger partial charge in [-0.2, -0.15) is 0 Å². The highest BCUT2D eigenvalue weighted by Crippen LogP contribution is 2.56. The maximum absolute atomic E-state index is 11.4. The van der Waals surface area contributed by atoms with E-state index < -0.39 is 0 Å². The van der Waals surface area contributed by atoms with Gasteiger partial charge in [0.25, 0.3) is 0 Å². The van der Waals surface area contributed by atoms with Gasteiger partial charge in [-0.25, -0.2) is 0 Å². The zero-order valence-corrected chi connectivity index (χ0v) is 15.7. The molecule has 1 heterocycles. The molecule has 25 heavy (non-hydrogen) atoms. The minimum atomic E-state index is -0.228. The van der Waals surface area contributed by atoms with Gasteiger partial charge in [0.05, 0.1) is 26.4 Å². The van der Waals surface area contributed by atoms with E-state index in [0.29, 0.717) is 25.0 Å². The van der Waals surface area contributed by atoms with E-state index >= 15 is 0 Å². The Kier molecular flexibility index (Phi) is 4.92. The third-order valence-electron chi connectivity index (χ3n) is 6.24. The molecule has 0 N–H and O–H groups in total. The Labute approximate surface area is 150 Å². The molecule has 1 aromatic carbocycles. The zero-order chi connectivity index (χ0) is 18.2. The summed E-state index contributed by atoms with van der Waals surface area (Å²) in [5.74, 6) is 1.59.